The number of esters is 1. The van der Waals surface area contributed by atoms with Crippen LogP contribution in [-0.4, -0.2) is 68.1 Å². The van der Waals surface area contributed by atoms with Crippen molar-refractivity contribution in [3.63, 3.8) is 0 Å². The van der Waals surface area contributed by atoms with Gasteiger partial charge in [0.05, 0.1) is 19.3 Å². The van der Waals surface area contributed by atoms with Gasteiger partial charge in [-0.05, 0) is 51.2 Å². The van der Waals surface area contributed by atoms with Crippen LogP contribution in [0.3, 0.4) is 0 Å². The highest BCUT2D eigenvalue weighted by molar-refractivity contribution is 5.97. The molecule has 1 amide bonds. The molecule has 8 nitrogen and oxygen atoms in total. The number of hydrogen-bond acceptors (Lipinski definition) is 7. The summed E-state index contributed by atoms with van der Waals surface area (Å²) in [5.41, 5.74) is -0.927. The molecule has 1 aromatic rings. The fourth-order valence-corrected chi connectivity index (χ4v) is 3.53. The van der Waals surface area contributed by atoms with E-state index < -0.39 is 23.6 Å². The van der Waals surface area contributed by atoms with E-state index in [9.17, 15) is 14.0 Å². The van der Waals surface area contributed by atoms with Gasteiger partial charge >= 0.3 is 5.97 Å². The molecule has 2 fully saturated rings. The number of nitrogens with zero attached hydrogens (tertiary/aromatic N) is 2. The molecule has 0 radical (unpaired) electrons. The summed E-state index contributed by atoms with van der Waals surface area (Å²) in [6, 6.07) is 3.33. The Hall–Kier alpha value is -2.42. The minimum absolute atomic E-state index is 0.0462. The van der Waals surface area contributed by atoms with E-state index >= 15 is 0 Å². The molecular weight excluding hydrogens is 405 g/mol. The molecule has 1 saturated carbocycles. The number of ether oxygens (including phenoxy) is 3. The summed E-state index contributed by atoms with van der Waals surface area (Å²) in [7, 11) is 1.67. The lowest BCUT2D eigenvalue weighted by atomic mass is 9.90. The predicted molar refractivity (Wildman–Crippen MR) is 113 cm³/mol. The highest BCUT2D eigenvalue weighted by Gasteiger charge is 2.46. The molecule has 31 heavy (non-hydrogen) atoms. The Morgan fingerprint density at radius 2 is 2.03 bits per heavy atom. The number of pyridine rings is 1. The van der Waals surface area contributed by atoms with Gasteiger partial charge in [-0.2, -0.15) is 0 Å². The molecule has 2 heterocycles. The molecule has 0 spiro atoms. The van der Waals surface area contributed by atoms with E-state index in [-0.39, 0.29) is 24.8 Å². The summed E-state index contributed by atoms with van der Waals surface area (Å²) in [5.74, 6) is -0.575. The van der Waals surface area contributed by atoms with Gasteiger partial charge in [-0.25, -0.2) is 14.2 Å². The molecule has 1 aliphatic carbocycles. The van der Waals surface area contributed by atoms with Crippen LogP contribution in [-0.2, 0) is 14.3 Å². The van der Waals surface area contributed by atoms with Crippen LogP contribution in [0.4, 0.5) is 10.1 Å². The fraction of sp³-hybridized carbons (Fsp3) is 0.682. The second kappa shape index (κ2) is 9.80. The molecule has 1 aliphatic heterocycles. The number of hydrogen-bond donors (Lipinski definition) is 1. The van der Waals surface area contributed by atoms with Gasteiger partial charge in [0.1, 0.15) is 17.6 Å². The van der Waals surface area contributed by atoms with E-state index in [0.717, 1.165) is 18.5 Å². The van der Waals surface area contributed by atoms with Crippen LogP contribution in [0.25, 0.3) is 0 Å². The Bertz CT molecular complexity index is 795. The van der Waals surface area contributed by atoms with Gasteiger partial charge < -0.3 is 24.4 Å². The highest BCUT2D eigenvalue weighted by Crippen LogP contribution is 2.34. The maximum Gasteiger partial charge on any atom is 0.334 e. The van der Waals surface area contributed by atoms with E-state index in [2.05, 4.69) is 15.2 Å². The van der Waals surface area contributed by atoms with Gasteiger partial charge in [-0.15, -0.1) is 0 Å². The Balaban J connectivity index is 1.82. The quantitative estimate of drug-likeness (QED) is 0.532. The standard InChI is InChI=1S/C22H32FN3O5/c1-5-22(14(3)23,21(28)30-6-2)25-19(27)17-9-10-18(26-11-16(12-26)29-4)20(24-17)31-13-15-7-8-15/h9-10,14-16H,5-8,11-13H2,1-4H3,(H,25,27). The topological polar surface area (TPSA) is 90.0 Å². The molecule has 9 heteroatoms. The third kappa shape index (κ3) is 5.08. The SMILES string of the molecule is CCOC(=O)C(CC)(NC(=O)c1ccc(N2CC(OC)C2)c(OCC2CC2)n1)C(C)F. The molecule has 2 unspecified atom stereocenters. The molecule has 1 N–H and O–H groups in total. The highest BCUT2D eigenvalue weighted by atomic mass is 19.1. The third-order valence-corrected chi connectivity index (χ3v) is 5.96. The lowest BCUT2D eigenvalue weighted by molar-refractivity contribution is -0.153. The van der Waals surface area contributed by atoms with Crippen LogP contribution in [0, 0.1) is 5.92 Å². The Morgan fingerprint density at radius 3 is 2.58 bits per heavy atom. The zero-order valence-corrected chi connectivity index (χ0v) is 18.7. The first-order chi connectivity index (χ1) is 14.8. The minimum atomic E-state index is -1.77. The number of carbonyl (C=O) groups is 2. The second-order valence-electron chi connectivity index (χ2n) is 8.15. The summed E-state index contributed by atoms with van der Waals surface area (Å²) in [5, 5.41) is 2.54. The number of amides is 1. The van der Waals surface area contributed by atoms with Gasteiger partial charge in [0, 0.05) is 20.2 Å². The maximum absolute atomic E-state index is 14.5. The van der Waals surface area contributed by atoms with Crippen molar-refractivity contribution < 1.29 is 28.2 Å². The van der Waals surface area contributed by atoms with Gasteiger partial charge in [-0.1, -0.05) is 6.92 Å². The van der Waals surface area contributed by atoms with Crippen molar-refractivity contribution in [2.75, 3.05) is 38.3 Å². The monoisotopic (exact) mass is 437 g/mol. The molecule has 0 bridgehead atoms. The van der Waals surface area contributed by atoms with Gasteiger partial charge in [0.15, 0.2) is 5.54 Å². The van der Waals surface area contributed by atoms with Crippen LogP contribution >= 0.6 is 0 Å². The largest absolute Gasteiger partial charge is 0.476 e. The Morgan fingerprint density at radius 1 is 1.32 bits per heavy atom. The van der Waals surface area contributed by atoms with Crippen LogP contribution in [0.15, 0.2) is 12.1 Å². The van der Waals surface area contributed by atoms with Crippen molar-refractivity contribution in [2.45, 2.75) is 57.8 Å². The number of carbonyl (C=O) groups excluding carboxylic acids is 2. The molecular formula is C22H32FN3O5. The molecule has 2 aliphatic rings. The van der Waals surface area contributed by atoms with Crippen molar-refractivity contribution in [1.29, 1.82) is 0 Å². The molecule has 3 rings (SSSR count). The number of halogens is 1. The molecule has 2 atom stereocenters. The van der Waals surface area contributed by atoms with Crippen molar-refractivity contribution in [3.8, 4) is 5.88 Å². The second-order valence-corrected chi connectivity index (χ2v) is 8.15. The normalized spacial score (nSPS) is 19.2. The van der Waals surface area contributed by atoms with E-state index in [1.807, 2.05) is 0 Å². The van der Waals surface area contributed by atoms with Crippen molar-refractivity contribution in [1.82, 2.24) is 10.3 Å². The van der Waals surface area contributed by atoms with Crippen LogP contribution < -0.4 is 15.0 Å². The van der Waals surface area contributed by atoms with Crippen molar-refractivity contribution in [2.24, 2.45) is 5.92 Å². The Labute approximate surface area is 182 Å². The maximum atomic E-state index is 14.5. The average molecular weight is 438 g/mol. The fourth-order valence-electron chi connectivity index (χ4n) is 3.53. The lowest BCUT2D eigenvalue weighted by Crippen LogP contribution is -2.60. The zero-order valence-electron chi connectivity index (χ0n) is 18.7. The van der Waals surface area contributed by atoms with Crippen LogP contribution in [0.5, 0.6) is 5.88 Å². The van der Waals surface area contributed by atoms with Crippen molar-refractivity contribution >= 4 is 17.6 Å². The number of rotatable bonds is 11. The zero-order chi connectivity index (χ0) is 22.6. The third-order valence-electron chi connectivity index (χ3n) is 5.96. The lowest BCUT2D eigenvalue weighted by Gasteiger charge is -2.40. The predicted octanol–water partition coefficient (Wildman–Crippen LogP) is 2.51. The van der Waals surface area contributed by atoms with Crippen LogP contribution in [0.2, 0.25) is 0 Å². The summed E-state index contributed by atoms with van der Waals surface area (Å²) in [4.78, 5) is 31.9. The first kappa shape index (κ1) is 23.2. The first-order valence-corrected chi connectivity index (χ1v) is 10.9. The van der Waals surface area contributed by atoms with Crippen molar-refractivity contribution in [3.05, 3.63) is 17.8 Å². The van der Waals surface area contributed by atoms with E-state index in [1.165, 1.54) is 6.92 Å². The summed E-state index contributed by atoms with van der Waals surface area (Å²) in [6.07, 6.45) is 0.804. The molecule has 172 valence electrons. The molecule has 0 aromatic carbocycles. The minimum Gasteiger partial charge on any atom is -0.476 e. The van der Waals surface area contributed by atoms with E-state index in [4.69, 9.17) is 14.2 Å². The number of alkyl halides is 1. The number of anilines is 1. The molecule has 1 saturated heterocycles. The summed E-state index contributed by atoms with van der Waals surface area (Å²) >= 11 is 0. The number of aromatic nitrogens is 1. The smallest absolute Gasteiger partial charge is 0.334 e. The Kier molecular flexibility index (Phi) is 7.35. The summed E-state index contributed by atoms with van der Waals surface area (Å²) in [6.45, 7) is 6.55. The number of nitrogens with one attached hydrogen (secondary N) is 1. The van der Waals surface area contributed by atoms with Gasteiger partial charge in [-0.3, -0.25) is 4.79 Å². The summed E-state index contributed by atoms with van der Waals surface area (Å²) < 4.78 is 30.8. The van der Waals surface area contributed by atoms with E-state index in [0.29, 0.717) is 31.5 Å². The van der Waals surface area contributed by atoms with Crippen LogP contribution in [0.1, 0.15) is 50.5 Å². The number of methoxy groups -OCH3 is 1. The van der Waals surface area contributed by atoms with Gasteiger partial charge in [0.2, 0.25) is 5.88 Å². The van der Waals surface area contributed by atoms with E-state index in [1.54, 1.807) is 33.1 Å². The first-order valence-electron chi connectivity index (χ1n) is 10.9. The van der Waals surface area contributed by atoms with Gasteiger partial charge in [0.25, 0.3) is 5.91 Å². The molecule has 1 aromatic heterocycles. The average Bonchev–Trinajstić information content (AvgIpc) is 3.54.